The molecule has 0 aliphatic heterocycles. The molecule has 5 heteroatoms. The Labute approximate surface area is 116 Å². The highest BCUT2D eigenvalue weighted by Crippen LogP contribution is 2.20. The van der Waals surface area contributed by atoms with Crippen LogP contribution in [0.5, 0.6) is 0 Å². The maximum absolute atomic E-state index is 12.2. The first-order valence-corrected chi connectivity index (χ1v) is 8.01. The van der Waals surface area contributed by atoms with Crippen molar-refractivity contribution < 1.29 is 8.42 Å². The molecule has 0 fully saturated rings. The van der Waals surface area contributed by atoms with Gasteiger partial charge in [-0.25, -0.2) is 13.1 Å². The van der Waals surface area contributed by atoms with Crippen LogP contribution in [-0.2, 0) is 10.0 Å². The van der Waals surface area contributed by atoms with Crippen LogP contribution in [0.15, 0.2) is 29.2 Å². The van der Waals surface area contributed by atoms with Crippen LogP contribution in [0.25, 0.3) is 0 Å². The molecule has 1 unspecified atom stereocenters. The minimum Gasteiger partial charge on any atom is -0.324 e. The number of nitrogens with two attached hydrogens (primary N) is 1. The van der Waals surface area contributed by atoms with E-state index in [0.29, 0.717) is 6.54 Å². The van der Waals surface area contributed by atoms with Crippen LogP contribution in [0.2, 0.25) is 0 Å². The molecular formula is C14H24N2O2S. The van der Waals surface area contributed by atoms with Crippen molar-refractivity contribution in [2.75, 3.05) is 6.54 Å². The molecule has 19 heavy (non-hydrogen) atoms. The fourth-order valence-corrected chi connectivity index (χ4v) is 2.76. The lowest BCUT2D eigenvalue weighted by Crippen LogP contribution is -2.33. The van der Waals surface area contributed by atoms with Crippen molar-refractivity contribution in [3.05, 3.63) is 29.8 Å². The van der Waals surface area contributed by atoms with Crippen molar-refractivity contribution in [2.24, 2.45) is 11.1 Å². The highest BCUT2D eigenvalue weighted by molar-refractivity contribution is 7.89. The van der Waals surface area contributed by atoms with Crippen molar-refractivity contribution in [1.82, 2.24) is 4.72 Å². The molecule has 0 aliphatic carbocycles. The molecule has 0 saturated carbocycles. The molecule has 4 nitrogen and oxygen atoms in total. The Bertz CT molecular complexity index is 522. The molecule has 0 heterocycles. The molecule has 0 saturated heterocycles. The minimum atomic E-state index is -3.47. The van der Waals surface area contributed by atoms with Gasteiger partial charge in [0.2, 0.25) is 10.0 Å². The Morgan fingerprint density at radius 1 is 1.37 bits per heavy atom. The molecule has 1 aromatic carbocycles. The van der Waals surface area contributed by atoms with Gasteiger partial charge in [-0.2, -0.15) is 0 Å². The number of benzene rings is 1. The lowest BCUT2D eigenvalue weighted by molar-refractivity contribution is 0.350. The van der Waals surface area contributed by atoms with Crippen molar-refractivity contribution in [3.63, 3.8) is 0 Å². The predicted molar refractivity (Wildman–Crippen MR) is 78.3 cm³/mol. The van der Waals surface area contributed by atoms with Gasteiger partial charge < -0.3 is 5.73 Å². The number of sulfonamides is 1. The summed E-state index contributed by atoms with van der Waals surface area (Å²) < 4.78 is 27.1. The van der Waals surface area contributed by atoms with Crippen LogP contribution in [0.3, 0.4) is 0 Å². The fraction of sp³-hybridized carbons (Fsp3) is 0.571. The van der Waals surface area contributed by atoms with Gasteiger partial charge in [0.25, 0.3) is 0 Å². The van der Waals surface area contributed by atoms with Gasteiger partial charge in [0, 0.05) is 12.6 Å². The van der Waals surface area contributed by atoms with Gasteiger partial charge in [0.15, 0.2) is 0 Å². The van der Waals surface area contributed by atoms with Gasteiger partial charge in [-0.05, 0) is 36.5 Å². The first-order valence-electron chi connectivity index (χ1n) is 6.53. The average Bonchev–Trinajstić information content (AvgIpc) is 2.37. The van der Waals surface area contributed by atoms with Gasteiger partial charge in [-0.15, -0.1) is 0 Å². The molecule has 0 spiro atoms. The zero-order valence-electron chi connectivity index (χ0n) is 12.1. The molecule has 1 rings (SSSR count). The Morgan fingerprint density at radius 2 is 2.00 bits per heavy atom. The van der Waals surface area contributed by atoms with E-state index in [9.17, 15) is 8.42 Å². The monoisotopic (exact) mass is 284 g/mol. The van der Waals surface area contributed by atoms with E-state index in [2.05, 4.69) is 4.72 Å². The Morgan fingerprint density at radius 3 is 2.53 bits per heavy atom. The Kier molecular flexibility index (Phi) is 5.12. The van der Waals surface area contributed by atoms with Crippen LogP contribution in [-0.4, -0.2) is 15.0 Å². The summed E-state index contributed by atoms with van der Waals surface area (Å²) in [6.45, 7) is 8.38. The van der Waals surface area contributed by atoms with E-state index in [-0.39, 0.29) is 16.4 Å². The van der Waals surface area contributed by atoms with E-state index < -0.39 is 10.0 Å². The second kappa shape index (κ2) is 6.03. The highest BCUT2D eigenvalue weighted by Gasteiger charge is 2.21. The van der Waals surface area contributed by atoms with Crippen LogP contribution < -0.4 is 10.5 Å². The zero-order valence-corrected chi connectivity index (χ0v) is 12.9. The quantitative estimate of drug-likeness (QED) is 0.842. The molecule has 0 amide bonds. The number of nitrogens with one attached hydrogen (secondary N) is 1. The van der Waals surface area contributed by atoms with Crippen molar-refractivity contribution >= 4 is 10.0 Å². The lowest BCUT2D eigenvalue weighted by atomic mass is 9.91. The topological polar surface area (TPSA) is 72.2 Å². The summed E-state index contributed by atoms with van der Waals surface area (Å²) >= 11 is 0. The summed E-state index contributed by atoms with van der Waals surface area (Å²) in [5.41, 5.74) is 6.54. The summed E-state index contributed by atoms with van der Waals surface area (Å²) in [6.07, 6.45) is 0.912. The average molecular weight is 284 g/mol. The van der Waals surface area contributed by atoms with Crippen LogP contribution in [0.4, 0.5) is 0 Å². The lowest BCUT2D eigenvalue weighted by Gasteiger charge is -2.22. The van der Waals surface area contributed by atoms with Gasteiger partial charge >= 0.3 is 0 Å². The summed E-state index contributed by atoms with van der Waals surface area (Å²) in [5.74, 6) is 0. The Balaban J connectivity index is 2.92. The van der Waals surface area contributed by atoms with Crippen LogP contribution >= 0.6 is 0 Å². The number of hydrogen-bond acceptors (Lipinski definition) is 3. The zero-order chi connectivity index (χ0) is 14.7. The van der Waals surface area contributed by atoms with E-state index in [4.69, 9.17) is 5.73 Å². The molecule has 0 aliphatic rings. The van der Waals surface area contributed by atoms with Crippen molar-refractivity contribution in [2.45, 2.75) is 45.1 Å². The fourth-order valence-electron chi connectivity index (χ4n) is 1.46. The molecular weight excluding hydrogens is 260 g/mol. The third-order valence-electron chi connectivity index (χ3n) is 3.39. The molecule has 3 N–H and O–H groups in total. The molecule has 108 valence electrons. The molecule has 0 radical (unpaired) electrons. The van der Waals surface area contributed by atoms with E-state index in [0.717, 1.165) is 12.0 Å². The summed E-state index contributed by atoms with van der Waals surface area (Å²) in [5, 5.41) is 0. The maximum Gasteiger partial charge on any atom is 0.240 e. The number of hydrogen-bond donors (Lipinski definition) is 2. The maximum atomic E-state index is 12.2. The second-order valence-electron chi connectivity index (χ2n) is 5.70. The van der Waals surface area contributed by atoms with Crippen LogP contribution in [0, 0.1) is 5.41 Å². The molecule has 0 bridgehead atoms. The number of rotatable bonds is 6. The van der Waals surface area contributed by atoms with Crippen molar-refractivity contribution in [1.29, 1.82) is 0 Å². The van der Waals surface area contributed by atoms with Gasteiger partial charge in [0.1, 0.15) is 0 Å². The van der Waals surface area contributed by atoms with Gasteiger partial charge in [-0.3, -0.25) is 0 Å². The highest BCUT2D eigenvalue weighted by atomic mass is 32.2. The smallest absolute Gasteiger partial charge is 0.240 e. The van der Waals surface area contributed by atoms with Crippen molar-refractivity contribution in [3.8, 4) is 0 Å². The molecule has 0 aromatic heterocycles. The van der Waals surface area contributed by atoms with E-state index in [1.54, 1.807) is 18.2 Å². The minimum absolute atomic E-state index is 0.0498. The van der Waals surface area contributed by atoms with E-state index in [1.165, 1.54) is 0 Å². The first-order chi connectivity index (χ1) is 8.68. The summed E-state index contributed by atoms with van der Waals surface area (Å²) in [4.78, 5) is 0.272. The van der Waals surface area contributed by atoms with E-state index >= 15 is 0 Å². The first kappa shape index (κ1) is 16.1. The summed E-state index contributed by atoms with van der Waals surface area (Å²) in [7, 11) is -3.47. The third-order valence-corrected chi connectivity index (χ3v) is 4.79. The Hall–Kier alpha value is -0.910. The molecule has 1 atom stereocenters. The van der Waals surface area contributed by atoms with Gasteiger partial charge in [-0.1, -0.05) is 32.9 Å². The summed E-state index contributed by atoms with van der Waals surface area (Å²) in [6, 6.07) is 6.60. The molecule has 1 aromatic rings. The normalized spacial score (nSPS) is 14.4. The van der Waals surface area contributed by atoms with E-state index in [1.807, 2.05) is 33.8 Å². The SMILES string of the molecule is CCC(C)(C)CNS(=O)(=O)c1cccc(C(C)N)c1. The second-order valence-corrected chi connectivity index (χ2v) is 7.47. The predicted octanol–water partition coefficient (Wildman–Crippen LogP) is 2.42. The third kappa shape index (κ3) is 4.60. The van der Waals surface area contributed by atoms with Crippen LogP contribution in [0.1, 0.15) is 45.7 Å². The standard InChI is InChI=1S/C14H24N2O2S/c1-5-14(3,4)10-16-19(17,18)13-8-6-7-12(9-13)11(2)15/h6-9,11,16H,5,10,15H2,1-4H3. The largest absolute Gasteiger partial charge is 0.324 e. The van der Waals surface area contributed by atoms with Gasteiger partial charge in [0.05, 0.1) is 4.90 Å².